The maximum Gasteiger partial charge on any atom is 0.152 e. The van der Waals surface area contributed by atoms with Crippen LogP contribution in [0.25, 0.3) is 0 Å². The van der Waals surface area contributed by atoms with Gasteiger partial charge in [-0.1, -0.05) is 18.5 Å². The van der Waals surface area contributed by atoms with Gasteiger partial charge in [0.1, 0.15) is 0 Å². The molecule has 0 aliphatic rings. The third kappa shape index (κ3) is 3.46. The lowest BCUT2D eigenvalue weighted by atomic mass is 10.3. The van der Waals surface area contributed by atoms with Gasteiger partial charge >= 0.3 is 0 Å². The number of nitrogens with one attached hydrogen (secondary N) is 1. The highest BCUT2D eigenvalue weighted by Crippen LogP contribution is 2.23. The Balaban J connectivity index is 1.99. The lowest BCUT2D eigenvalue weighted by molar-refractivity contribution is 0.602. The van der Waals surface area contributed by atoms with Crippen LogP contribution in [0.15, 0.2) is 29.1 Å². The van der Waals surface area contributed by atoms with Crippen LogP contribution >= 0.6 is 27.5 Å². The van der Waals surface area contributed by atoms with E-state index in [2.05, 4.69) is 38.3 Å². The molecule has 2 heterocycles. The van der Waals surface area contributed by atoms with Gasteiger partial charge in [-0.05, 0) is 28.4 Å². The molecule has 0 aliphatic carbocycles. The molecule has 0 unspecified atom stereocenters. The third-order valence-corrected chi connectivity index (χ3v) is 3.16. The van der Waals surface area contributed by atoms with E-state index >= 15 is 0 Å². The second-order valence-electron chi connectivity index (χ2n) is 3.96. The van der Waals surface area contributed by atoms with Gasteiger partial charge in [0.2, 0.25) is 0 Å². The van der Waals surface area contributed by atoms with Crippen molar-refractivity contribution >= 4 is 33.2 Å². The normalized spacial score (nSPS) is 10.6. The van der Waals surface area contributed by atoms with E-state index in [0.29, 0.717) is 11.7 Å². The number of aryl methyl sites for hydroxylation is 1. The molecule has 96 valence electrons. The third-order valence-electron chi connectivity index (χ3n) is 2.43. The Morgan fingerprint density at radius 3 is 3.06 bits per heavy atom. The minimum atomic E-state index is 0.471. The Morgan fingerprint density at radius 2 is 2.28 bits per heavy atom. The van der Waals surface area contributed by atoms with E-state index < -0.39 is 0 Å². The molecule has 2 aromatic rings. The van der Waals surface area contributed by atoms with Crippen LogP contribution in [-0.2, 0) is 13.1 Å². The Labute approximate surface area is 119 Å². The van der Waals surface area contributed by atoms with Crippen LogP contribution in [0.4, 0.5) is 5.69 Å². The summed E-state index contributed by atoms with van der Waals surface area (Å²) in [6, 6.07) is 1.91. The summed E-state index contributed by atoms with van der Waals surface area (Å²) in [7, 11) is 0. The Morgan fingerprint density at radius 1 is 1.44 bits per heavy atom. The average molecular weight is 330 g/mol. The van der Waals surface area contributed by atoms with E-state index in [0.717, 1.165) is 28.7 Å². The number of hydrogen-bond acceptors (Lipinski definition) is 3. The van der Waals surface area contributed by atoms with Gasteiger partial charge in [0.15, 0.2) is 5.15 Å². The smallest absolute Gasteiger partial charge is 0.152 e. The minimum Gasteiger partial charge on any atom is -0.378 e. The molecule has 0 saturated carbocycles. The predicted molar refractivity (Wildman–Crippen MR) is 76.8 cm³/mol. The summed E-state index contributed by atoms with van der Waals surface area (Å²) in [5.41, 5.74) is 1.94. The van der Waals surface area contributed by atoms with Crippen molar-refractivity contribution in [2.45, 2.75) is 26.4 Å². The number of rotatable bonds is 5. The zero-order valence-corrected chi connectivity index (χ0v) is 12.4. The number of pyridine rings is 1. The van der Waals surface area contributed by atoms with Crippen molar-refractivity contribution in [2.24, 2.45) is 0 Å². The fourth-order valence-corrected chi connectivity index (χ4v) is 2.09. The van der Waals surface area contributed by atoms with E-state index in [4.69, 9.17) is 11.6 Å². The van der Waals surface area contributed by atoms with Crippen molar-refractivity contribution in [1.82, 2.24) is 14.8 Å². The SMILES string of the molecule is CCCn1cc(CNc2cc(Br)cnc2Cl)cn1. The largest absolute Gasteiger partial charge is 0.378 e. The van der Waals surface area contributed by atoms with Crippen molar-refractivity contribution in [3.63, 3.8) is 0 Å². The first-order valence-corrected chi connectivity index (χ1v) is 6.92. The van der Waals surface area contributed by atoms with Gasteiger partial charge in [-0.3, -0.25) is 4.68 Å². The summed E-state index contributed by atoms with van der Waals surface area (Å²) < 4.78 is 2.84. The van der Waals surface area contributed by atoms with Crippen LogP contribution in [0.2, 0.25) is 5.15 Å². The minimum absolute atomic E-state index is 0.471. The van der Waals surface area contributed by atoms with Crippen LogP contribution in [-0.4, -0.2) is 14.8 Å². The van der Waals surface area contributed by atoms with Crippen molar-refractivity contribution in [2.75, 3.05) is 5.32 Å². The molecule has 4 nitrogen and oxygen atoms in total. The molecule has 0 aromatic carbocycles. The standard InChI is InChI=1S/C12H14BrClN4/c1-2-3-18-8-9(6-17-18)5-15-11-4-10(13)7-16-12(11)14/h4,6-8,15H,2-3,5H2,1H3. The molecule has 0 fully saturated rings. The van der Waals surface area contributed by atoms with Crippen molar-refractivity contribution in [3.8, 4) is 0 Å². The molecule has 0 aliphatic heterocycles. The Hall–Kier alpha value is -1.07. The summed E-state index contributed by atoms with van der Waals surface area (Å²) in [6.45, 7) is 3.76. The van der Waals surface area contributed by atoms with Gasteiger partial charge in [-0.25, -0.2) is 4.98 Å². The molecule has 2 rings (SSSR count). The monoisotopic (exact) mass is 328 g/mol. The Bertz CT molecular complexity index is 527. The van der Waals surface area contributed by atoms with Crippen LogP contribution in [0.1, 0.15) is 18.9 Å². The summed E-state index contributed by atoms with van der Waals surface area (Å²) in [5.74, 6) is 0. The highest BCUT2D eigenvalue weighted by Gasteiger charge is 2.03. The van der Waals surface area contributed by atoms with E-state index in [-0.39, 0.29) is 0 Å². The fraction of sp³-hybridized carbons (Fsp3) is 0.333. The topological polar surface area (TPSA) is 42.7 Å². The first kappa shape index (κ1) is 13.4. The zero-order chi connectivity index (χ0) is 13.0. The van der Waals surface area contributed by atoms with Gasteiger partial charge in [0.25, 0.3) is 0 Å². The van der Waals surface area contributed by atoms with Gasteiger partial charge in [-0.2, -0.15) is 5.10 Å². The lowest BCUT2D eigenvalue weighted by Crippen LogP contribution is -2.00. The van der Waals surface area contributed by atoms with Gasteiger partial charge < -0.3 is 5.32 Å². The summed E-state index contributed by atoms with van der Waals surface area (Å²) in [6.07, 6.45) is 6.65. The Kier molecular flexibility index (Phi) is 4.60. The molecular weight excluding hydrogens is 316 g/mol. The molecule has 0 bridgehead atoms. The molecule has 2 aromatic heterocycles. The molecule has 0 atom stereocenters. The second kappa shape index (κ2) is 6.20. The fourth-order valence-electron chi connectivity index (χ4n) is 1.59. The van der Waals surface area contributed by atoms with Crippen LogP contribution in [0.5, 0.6) is 0 Å². The highest BCUT2D eigenvalue weighted by atomic mass is 79.9. The maximum absolute atomic E-state index is 6.00. The van der Waals surface area contributed by atoms with E-state index in [1.54, 1.807) is 6.20 Å². The van der Waals surface area contributed by atoms with Gasteiger partial charge in [0, 0.05) is 35.5 Å². The summed E-state index contributed by atoms with van der Waals surface area (Å²) >= 11 is 9.37. The molecule has 0 spiro atoms. The molecule has 0 saturated heterocycles. The number of aromatic nitrogens is 3. The van der Waals surface area contributed by atoms with Gasteiger partial charge in [0.05, 0.1) is 11.9 Å². The first-order valence-electron chi connectivity index (χ1n) is 5.75. The molecule has 18 heavy (non-hydrogen) atoms. The number of hydrogen-bond donors (Lipinski definition) is 1. The average Bonchev–Trinajstić information content (AvgIpc) is 2.79. The second-order valence-corrected chi connectivity index (χ2v) is 5.23. The van der Waals surface area contributed by atoms with Crippen molar-refractivity contribution < 1.29 is 0 Å². The molecule has 0 amide bonds. The van der Waals surface area contributed by atoms with E-state index in [1.165, 1.54) is 0 Å². The molecule has 1 N–H and O–H groups in total. The maximum atomic E-state index is 6.00. The summed E-state index contributed by atoms with van der Waals surface area (Å²) in [5, 5.41) is 8.00. The predicted octanol–water partition coefficient (Wildman–Crippen LogP) is 3.72. The van der Waals surface area contributed by atoms with E-state index in [9.17, 15) is 0 Å². The molecular formula is C12H14BrClN4. The molecule has 0 radical (unpaired) electrons. The van der Waals surface area contributed by atoms with Crippen LogP contribution in [0, 0.1) is 0 Å². The first-order chi connectivity index (χ1) is 8.69. The quantitative estimate of drug-likeness (QED) is 0.850. The lowest BCUT2D eigenvalue weighted by Gasteiger charge is -2.06. The number of anilines is 1. The van der Waals surface area contributed by atoms with Gasteiger partial charge in [-0.15, -0.1) is 0 Å². The molecule has 6 heteroatoms. The van der Waals surface area contributed by atoms with E-state index in [1.807, 2.05) is 23.1 Å². The van der Waals surface area contributed by atoms with Crippen LogP contribution in [0.3, 0.4) is 0 Å². The number of nitrogens with zero attached hydrogens (tertiary/aromatic N) is 3. The van der Waals surface area contributed by atoms with Crippen LogP contribution < -0.4 is 5.32 Å². The zero-order valence-electron chi connectivity index (χ0n) is 10.0. The van der Waals surface area contributed by atoms with Crippen molar-refractivity contribution in [3.05, 3.63) is 39.8 Å². The van der Waals surface area contributed by atoms with Crippen molar-refractivity contribution in [1.29, 1.82) is 0 Å². The number of halogens is 2. The summed E-state index contributed by atoms with van der Waals surface area (Å²) in [4.78, 5) is 4.06. The highest BCUT2D eigenvalue weighted by molar-refractivity contribution is 9.10.